The molecule has 1 aromatic heterocycles. The van der Waals surface area contributed by atoms with Gasteiger partial charge >= 0.3 is 0 Å². The van der Waals surface area contributed by atoms with Crippen LogP contribution in [0.2, 0.25) is 5.02 Å². The number of pyridine rings is 1. The Balaban J connectivity index is 2.82. The summed E-state index contributed by atoms with van der Waals surface area (Å²) in [5, 5.41) is 10.1. The van der Waals surface area contributed by atoms with Crippen molar-refractivity contribution in [2.24, 2.45) is 5.84 Å². The molecule has 0 aliphatic heterocycles. The minimum absolute atomic E-state index is 0.362. The van der Waals surface area contributed by atoms with Crippen LogP contribution < -0.4 is 16.0 Å². The third-order valence-corrected chi connectivity index (χ3v) is 2.70. The highest BCUT2D eigenvalue weighted by molar-refractivity contribution is 6.33. The molecule has 0 bridgehead atoms. The van der Waals surface area contributed by atoms with E-state index in [1.54, 1.807) is 12.1 Å². The van der Waals surface area contributed by atoms with Crippen LogP contribution in [-0.4, -0.2) is 12.1 Å². The summed E-state index contributed by atoms with van der Waals surface area (Å²) in [7, 11) is 1.53. The highest BCUT2D eigenvalue weighted by Crippen LogP contribution is 2.33. The Morgan fingerprint density at radius 1 is 1.53 bits per heavy atom. The molecule has 6 heteroatoms. The Labute approximate surface area is 103 Å². The fourth-order valence-corrected chi connectivity index (χ4v) is 1.83. The molecule has 0 spiro atoms. The number of nitriles is 1. The molecule has 1 aromatic carbocycles. The van der Waals surface area contributed by atoms with E-state index >= 15 is 0 Å². The van der Waals surface area contributed by atoms with E-state index in [2.05, 4.69) is 10.4 Å². The number of ether oxygens (including phenoxy) is 1. The number of halogens is 1. The summed E-state index contributed by atoms with van der Waals surface area (Å²) < 4.78 is 5.09. The molecule has 2 rings (SSSR count). The van der Waals surface area contributed by atoms with Crippen LogP contribution >= 0.6 is 11.6 Å². The Hall–Kier alpha value is -2.03. The van der Waals surface area contributed by atoms with Gasteiger partial charge in [0.05, 0.1) is 28.9 Å². The second-order valence-electron chi connectivity index (χ2n) is 3.31. The predicted octanol–water partition coefficient (Wildman–Crippen LogP) is 2.05. The average Bonchev–Trinajstić information content (AvgIpc) is 2.36. The fraction of sp³-hybridized carbons (Fsp3) is 0.0909. The molecule has 5 nitrogen and oxygen atoms in total. The topological polar surface area (TPSA) is 84.0 Å². The lowest BCUT2D eigenvalue weighted by molar-refractivity contribution is 0.415. The number of hydrogen-bond donors (Lipinski definition) is 2. The van der Waals surface area contributed by atoms with Crippen molar-refractivity contribution < 1.29 is 4.74 Å². The molecule has 2 aromatic rings. The predicted molar refractivity (Wildman–Crippen MR) is 65.8 cm³/mol. The van der Waals surface area contributed by atoms with Crippen LogP contribution in [0, 0.1) is 11.3 Å². The number of rotatable bonds is 2. The van der Waals surface area contributed by atoms with Crippen LogP contribution in [0.4, 0.5) is 5.69 Å². The lowest BCUT2D eigenvalue weighted by Gasteiger charge is -2.09. The number of hydrogen-bond acceptors (Lipinski definition) is 5. The highest BCUT2D eigenvalue weighted by atomic mass is 35.5. The number of hydrazine groups is 1. The molecular formula is C11H9ClN4O. The van der Waals surface area contributed by atoms with Gasteiger partial charge in [0, 0.05) is 17.6 Å². The first kappa shape index (κ1) is 11.5. The van der Waals surface area contributed by atoms with E-state index in [4.69, 9.17) is 27.4 Å². The maximum absolute atomic E-state index is 8.94. The second kappa shape index (κ2) is 4.45. The molecule has 17 heavy (non-hydrogen) atoms. The monoisotopic (exact) mass is 248 g/mol. The number of aromatic nitrogens is 1. The number of methoxy groups -OCH3 is 1. The largest absolute Gasteiger partial charge is 0.495 e. The van der Waals surface area contributed by atoms with Crippen LogP contribution in [0.15, 0.2) is 18.3 Å². The Kier molecular flexibility index (Phi) is 3.00. The van der Waals surface area contributed by atoms with Crippen LogP contribution in [0.25, 0.3) is 10.9 Å². The van der Waals surface area contributed by atoms with E-state index in [0.717, 1.165) is 0 Å². The first-order valence-corrected chi connectivity index (χ1v) is 5.12. The molecule has 0 saturated carbocycles. The Morgan fingerprint density at radius 2 is 2.29 bits per heavy atom. The number of nitrogens with two attached hydrogens (primary N) is 1. The summed E-state index contributed by atoms with van der Waals surface area (Å²) in [4.78, 5) is 4.15. The van der Waals surface area contributed by atoms with Gasteiger partial charge in [-0.2, -0.15) is 5.26 Å². The van der Waals surface area contributed by atoms with Crippen molar-refractivity contribution in [3.05, 3.63) is 28.9 Å². The number of fused-ring (bicyclic) bond motifs is 1. The van der Waals surface area contributed by atoms with Crippen molar-refractivity contribution in [3.8, 4) is 11.8 Å². The number of anilines is 1. The molecule has 0 aliphatic carbocycles. The maximum Gasteiger partial charge on any atom is 0.139 e. The summed E-state index contributed by atoms with van der Waals surface area (Å²) in [5.74, 6) is 5.94. The van der Waals surface area contributed by atoms with Gasteiger partial charge in [0.25, 0.3) is 0 Å². The van der Waals surface area contributed by atoms with Crippen molar-refractivity contribution in [1.29, 1.82) is 5.26 Å². The molecule has 0 amide bonds. The molecule has 0 saturated heterocycles. The van der Waals surface area contributed by atoms with E-state index in [-0.39, 0.29) is 0 Å². The molecule has 0 unspecified atom stereocenters. The second-order valence-corrected chi connectivity index (χ2v) is 3.71. The van der Waals surface area contributed by atoms with E-state index < -0.39 is 0 Å². The summed E-state index contributed by atoms with van der Waals surface area (Å²) >= 11 is 6.02. The van der Waals surface area contributed by atoms with E-state index in [1.165, 1.54) is 13.3 Å². The van der Waals surface area contributed by atoms with Gasteiger partial charge in [-0.05, 0) is 6.07 Å². The Morgan fingerprint density at radius 3 is 2.88 bits per heavy atom. The fourth-order valence-electron chi connectivity index (χ4n) is 1.59. The summed E-state index contributed by atoms with van der Waals surface area (Å²) in [6.07, 6.45) is 1.45. The van der Waals surface area contributed by atoms with Gasteiger partial charge in [0.2, 0.25) is 0 Å². The van der Waals surface area contributed by atoms with Gasteiger partial charge < -0.3 is 10.2 Å². The zero-order chi connectivity index (χ0) is 12.4. The molecule has 3 N–H and O–H groups in total. The number of nitrogen functional groups attached to an aromatic ring is 1. The number of nitrogens with zero attached hydrogens (tertiary/aromatic N) is 2. The zero-order valence-electron chi connectivity index (χ0n) is 8.99. The molecule has 1 heterocycles. The molecule has 0 radical (unpaired) electrons. The van der Waals surface area contributed by atoms with Gasteiger partial charge in [-0.1, -0.05) is 11.6 Å². The summed E-state index contributed by atoms with van der Waals surface area (Å²) in [5.41, 5.74) is 4.01. The van der Waals surface area contributed by atoms with Crippen molar-refractivity contribution in [3.63, 3.8) is 0 Å². The molecule has 86 valence electrons. The summed E-state index contributed by atoms with van der Waals surface area (Å²) in [6.45, 7) is 0. The van der Waals surface area contributed by atoms with Crippen LogP contribution in [0.3, 0.4) is 0 Å². The SMILES string of the molecule is COc1cc2ncc(C#N)c(NN)c2cc1Cl. The number of nitrogens with one attached hydrogen (secondary N) is 1. The van der Waals surface area contributed by atoms with Gasteiger partial charge in [-0.25, -0.2) is 0 Å². The molecule has 0 atom stereocenters. The van der Waals surface area contributed by atoms with Crippen molar-refractivity contribution in [2.75, 3.05) is 12.5 Å². The van der Waals surface area contributed by atoms with Crippen molar-refractivity contribution >= 4 is 28.2 Å². The van der Waals surface area contributed by atoms with E-state index in [1.807, 2.05) is 6.07 Å². The van der Waals surface area contributed by atoms with Crippen molar-refractivity contribution in [1.82, 2.24) is 4.98 Å². The number of benzene rings is 1. The third-order valence-electron chi connectivity index (χ3n) is 2.41. The lowest BCUT2D eigenvalue weighted by atomic mass is 10.1. The smallest absolute Gasteiger partial charge is 0.139 e. The maximum atomic E-state index is 8.94. The van der Waals surface area contributed by atoms with Crippen LogP contribution in [-0.2, 0) is 0 Å². The quantitative estimate of drug-likeness (QED) is 0.628. The zero-order valence-corrected chi connectivity index (χ0v) is 9.75. The van der Waals surface area contributed by atoms with Crippen molar-refractivity contribution in [2.45, 2.75) is 0 Å². The molecule has 0 aliphatic rings. The Bertz CT molecular complexity index is 621. The van der Waals surface area contributed by atoms with Gasteiger partial charge in [0.15, 0.2) is 0 Å². The highest BCUT2D eigenvalue weighted by Gasteiger charge is 2.11. The van der Waals surface area contributed by atoms with Gasteiger partial charge in [-0.3, -0.25) is 10.8 Å². The molecule has 0 fully saturated rings. The normalized spacial score (nSPS) is 10.0. The van der Waals surface area contributed by atoms with Gasteiger partial charge in [-0.15, -0.1) is 0 Å². The van der Waals surface area contributed by atoms with E-state index in [9.17, 15) is 0 Å². The van der Waals surface area contributed by atoms with E-state index in [0.29, 0.717) is 32.9 Å². The van der Waals surface area contributed by atoms with Crippen LogP contribution in [0.5, 0.6) is 5.75 Å². The minimum Gasteiger partial charge on any atom is -0.495 e. The standard InChI is InChI=1S/C11H9ClN4O/c1-17-10-3-9-7(2-8(10)12)11(16-14)6(4-13)5-15-9/h2-3,5H,14H2,1H3,(H,15,16). The summed E-state index contributed by atoms with van der Waals surface area (Å²) in [6, 6.07) is 5.37. The average molecular weight is 249 g/mol. The first-order chi connectivity index (χ1) is 8.21. The van der Waals surface area contributed by atoms with Crippen LogP contribution in [0.1, 0.15) is 5.56 Å². The van der Waals surface area contributed by atoms with Gasteiger partial charge in [0.1, 0.15) is 11.8 Å². The third kappa shape index (κ3) is 1.84. The minimum atomic E-state index is 0.362. The lowest BCUT2D eigenvalue weighted by Crippen LogP contribution is -2.09. The first-order valence-electron chi connectivity index (χ1n) is 4.74. The molecular weight excluding hydrogens is 240 g/mol.